The normalized spacial score (nSPS) is 17.9. The number of anilines is 1. The van der Waals surface area contributed by atoms with Crippen molar-refractivity contribution in [3.63, 3.8) is 0 Å². The largest absolute Gasteiger partial charge is 0.389 e. The number of amides is 1. The van der Waals surface area contributed by atoms with E-state index in [1.54, 1.807) is 39.1 Å². The molecule has 1 amide bonds. The topological polar surface area (TPSA) is 52.6 Å². The number of rotatable bonds is 5. The van der Waals surface area contributed by atoms with Gasteiger partial charge in [0.2, 0.25) is 5.91 Å². The number of halogens is 2. The number of hydrogen-bond donors (Lipinski definition) is 2. The van der Waals surface area contributed by atoms with Gasteiger partial charge >= 0.3 is 0 Å². The minimum Gasteiger partial charge on any atom is -0.389 e. The summed E-state index contributed by atoms with van der Waals surface area (Å²) >= 11 is 0. The van der Waals surface area contributed by atoms with Gasteiger partial charge in [-0.15, -0.1) is 0 Å². The number of aliphatic hydroxyl groups is 1. The van der Waals surface area contributed by atoms with Gasteiger partial charge in [0.15, 0.2) is 0 Å². The Labute approximate surface area is 151 Å². The third-order valence-corrected chi connectivity index (χ3v) is 4.90. The fourth-order valence-electron chi connectivity index (χ4n) is 3.60. The molecule has 0 saturated carbocycles. The van der Waals surface area contributed by atoms with Crippen molar-refractivity contribution in [2.45, 2.75) is 31.4 Å². The van der Waals surface area contributed by atoms with Gasteiger partial charge in [0, 0.05) is 6.54 Å². The van der Waals surface area contributed by atoms with Crippen LogP contribution in [0.4, 0.5) is 14.5 Å². The van der Waals surface area contributed by atoms with E-state index in [0.29, 0.717) is 11.1 Å². The molecular formula is C20H22F2N2O2. The first-order chi connectivity index (χ1) is 12.3. The second-order valence-electron chi connectivity index (χ2n) is 7.06. The molecule has 0 aromatic heterocycles. The van der Waals surface area contributed by atoms with Crippen LogP contribution in [-0.4, -0.2) is 30.7 Å². The van der Waals surface area contributed by atoms with Crippen molar-refractivity contribution in [1.82, 2.24) is 5.32 Å². The van der Waals surface area contributed by atoms with Crippen molar-refractivity contribution in [1.29, 1.82) is 0 Å². The highest BCUT2D eigenvalue weighted by molar-refractivity contribution is 6.08. The second-order valence-corrected chi connectivity index (χ2v) is 7.06. The van der Waals surface area contributed by atoms with Crippen LogP contribution in [0.2, 0.25) is 0 Å². The Morgan fingerprint density at radius 3 is 2.54 bits per heavy atom. The summed E-state index contributed by atoms with van der Waals surface area (Å²) < 4.78 is 28.5. The summed E-state index contributed by atoms with van der Waals surface area (Å²) in [4.78, 5) is 14.5. The number of likely N-dealkylation sites (N-methyl/N-ethyl adjacent to an activating group) is 1. The van der Waals surface area contributed by atoms with Gasteiger partial charge in [0.05, 0.1) is 23.2 Å². The van der Waals surface area contributed by atoms with Gasteiger partial charge in [-0.2, -0.15) is 0 Å². The maximum absolute atomic E-state index is 14.7. The molecule has 0 fully saturated rings. The number of para-hydroxylation sites is 1. The lowest BCUT2D eigenvalue weighted by Gasteiger charge is -2.34. The third kappa shape index (κ3) is 2.89. The smallest absolute Gasteiger partial charge is 0.237 e. The molecule has 138 valence electrons. The number of nitrogens with zero attached hydrogens (tertiary/aromatic N) is 1. The Bertz CT molecular complexity index is 838. The summed E-state index contributed by atoms with van der Waals surface area (Å²) in [5.41, 5.74) is 0.169. The second kappa shape index (κ2) is 6.78. The molecular weight excluding hydrogens is 338 g/mol. The molecule has 2 aromatic carbocycles. The van der Waals surface area contributed by atoms with Crippen LogP contribution in [0.15, 0.2) is 42.5 Å². The van der Waals surface area contributed by atoms with Crippen LogP contribution in [0.5, 0.6) is 0 Å². The maximum Gasteiger partial charge on any atom is 0.237 e. The number of carbonyl (C=O) groups excluding carboxylic acids is 1. The van der Waals surface area contributed by atoms with Crippen molar-refractivity contribution in [3.8, 4) is 0 Å². The van der Waals surface area contributed by atoms with E-state index in [9.17, 15) is 18.7 Å². The first-order valence-corrected chi connectivity index (χ1v) is 8.49. The lowest BCUT2D eigenvalue weighted by Crippen LogP contribution is -2.45. The SMILES string of the molecule is CNC[C@@H](O)C(c1cccc(F)c1)N1C(=O)C(C)(C)c2cccc(F)c21. The highest BCUT2D eigenvalue weighted by Crippen LogP contribution is 2.47. The fraction of sp³-hybridized carbons (Fsp3) is 0.350. The van der Waals surface area contributed by atoms with E-state index < -0.39 is 29.2 Å². The Kier molecular flexibility index (Phi) is 4.82. The number of hydrogen-bond acceptors (Lipinski definition) is 3. The van der Waals surface area contributed by atoms with E-state index in [2.05, 4.69) is 5.32 Å². The summed E-state index contributed by atoms with van der Waals surface area (Å²) in [6.45, 7) is 3.61. The lowest BCUT2D eigenvalue weighted by atomic mass is 9.86. The molecule has 2 atom stereocenters. The summed E-state index contributed by atoms with van der Waals surface area (Å²) in [5.74, 6) is -1.36. The highest BCUT2D eigenvalue weighted by atomic mass is 19.1. The zero-order chi connectivity index (χ0) is 19.1. The van der Waals surface area contributed by atoms with Crippen LogP contribution in [0, 0.1) is 11.6 Å². The molecule has 3 rings (SSSR count). The van der Waals surface area contributed by atoms with Crippen molar-refractivity contribution < 1.29 is 18.7 Å². The molecule has 0 radical (unpaired) electrons. The maximum atomic E-state index is 14.7. The summed E-state index contributed by atoms with van der Waals surface area (Å²) in [5, 5.41) is 13.6. The molecule has 0 aliphatic carbocycles. The molecule has 1 unspecified atom stereocenters. The van der Waals surface area contributed by atoms with Crippen molar-refractivity contribution >= 4 is 11.6 Å². The van der Waals surface area contributed by atoms with Gasteiger partial charge in [-0.25, -0.2) is 8.78 Å². The van der Waals surface area contributed by atoms with E-state index in [4.69, 9.17) is 0 Å². The van der Waals surface area contributed by atoms with Crippen molar-refractivity contribution in [2.24, 2.45) is 0 Å². The number of nitrogens with one attached hydrogen (secondary N) is 1. The van der Waals surface area contributed by atoms with Gasteiger partial charge in [-0.1, -0.05) is 24.3 Å². The first kappa shape index (κ1) is 18.5. The van der Waals surface area contributed by atoms with Crippen LogP contribution in [0.25, 0.3) is 0 Å². The zero-order valence-electron chi connectivity index (χ0n) is 15.0. The molecule has 4 nitrogen and oxygen atoms in total. The van der Waals surface area contributed by atoms with Gasteiger partial charge < -0.3 is 10.4 Å². The molecule has 1 heterocycles. The van der Waals surface area contributed by atoms with Gasteiger partial charge in [0.1, 0.15) is 11.6 Å². The number of benzene rings is 2. The molecule has 0 saturated heterocycles. The average molecular weight is 360 g/mol. The van der Waals surface area contributed by atoms with E-state index in [1.165, 1.54) is 29.2 Å². The fourth-order valence-corrected chi connectivity index (χ4v) is 3.60. The minimum atomic E-state index is -1.05. The number of carbonyl (C=O) groups is 1. The van der Waals surface area contributed by atoms with Crippen LogP contribution in [0.1, 0.15) is 31.0 Å². The van der Waals surface area contributed by atoms with E-state index in [-0.39, 0.29) is 18.1 Å². The highest BCUT2D eigenvalue weighted by Gasteiger charge is 2.49. The van der Waals surface area contributed by atoms with Crippen LogP contribution in [0.3, 0.4) is 0 Å². The third-order valence-electron chi connectivity index (χ3n) is 4.90. The van der Waals surface area contributed by atoms with Crippen LogP contribution >= 0.6 is 0 Å². The predicted octanol–water partition coefficient (Wildman–Crippen LogP) is 2.91. The van der Waals surface area contributed by atoms with E-state index in [1.807, 2.05) is 0 Å². The first-order valence-electron chi connectivity index (χ1n) is 8.49. The monoisotopic (exact) mass is 360 g/mol. The zero-order valence-corrected chi connectivity index (χ0v) is 15.0. The lowest BCUT2D eigenvalue weighted by molar-refractivity contribution is -0.123. The van der Waals surface area contributed by atoms with Crippen molar-refractivity contribution in [2.75, 3.05) is 18.5 Å². The summed E-state index contributed by atoms with van der Waals surface area (Å²) in [6, 6.07) is 9.34. The molecule has 26 heavy (non-hydrogen) atoms. The van der Waals surface area contributed by atoms with Gasteiger partial charge in [-0.3, -0.25) is 9.69 Å². The predicted molar refractivity (Wildman–Crippen MR) is 96.0 cm³/mol. The molecule has 0 bridgehead atoms. The summed E-state index contributed by atoms with van der Waals surface area (Å²) in [7, 11) is 1.66. The Balaban J connectivity index is 2.20. The average Bonchev–Trinajstić information content (AvgIpc) is 2.78. The van der Waals surface area contributed by atoms with E-state index in [0.717, 1.165) is 0 Å². The molecule has 0 spiro atoms. The molecule has 2 aromatic rings. The van der Waals surface area contributed by atoms with E-state index >= 15 is 0 Å². The number of aliphatic hydroxyl groups excluding tert-OH is 1. The Morgan fingerprint density at radius 2 is 1.88 bits per heavy atom. The minimum absolute atomic E-state index is 0.145. The quantitative estimate of drug-likeness (QED) is 0.862. The van der Waals surface area contributed by atoms with Crippen LogP contribution < -0.4 is 10.2 Å². The standard InChI is InChI=1S/C20H22F2N2O2/c1-20(2)14-8-5-9-15(22)18(14)24(19(20)26)17(16(25)11-23-3)12-6-4-7-13(21)10-12/h4-10,16-17,23,25H,11H2,1-3H3/t16-,17?/m1/s1. The molecule has 1 aliphatic heterocycles. The summed E-state index contributed by atoms with van der Waals surface area (Å²) in [6.07, 6.45) is -1.05. The Morgan fingerprint density at radius 1 is 1.19 bits per heavy atom. The van der Waals surface area contributed by atoms with Crippen LogP contribution in [-0.2, 0) is 10.2 Å². The Hall–Kier alpha value is -2.31. The molecule has 6 heteroatoms. The van der Waals surface area contributed by atoms with Crippen molar-refractivity contribution in [3.05, 3.63) is 65.2 Å². The molecule has 2 N–H and O–H groups in total. The van der Waals surface area contributed by atoms with Gasteiger partial charge in [-0.05, 0) is 50.2 Å². The number of fused-ring (bicyclic) bond motifs is 1. The molecule has 1 aliphatic rings. The van der Waals surface area contributed by atoms with Gasteiger partial charge in [0.25, 0.3) is 0 Å².